The summed E-state index contributed by atoms with van der Waals surface area (Å²) in [6.45, 7) is 0. The third kappa shape index (κ3) is 3.34. The summed E-state index contributed by atoms with van der Waals surface area (Å²) < 4.78 is 19.4. The van der Waals surface area contributed by atoms with Gasteiger partial charge in [0, 0.05) is 0 Å². The molecular weight excluding hydrogens is 267 g/mol. The van der Waals surface area contributed by atoms with E-state index in [2.05, 4.69) is 24.5 Å². The van der Waals surface area contributed by atoms with Crippen molar-refractivity contribution in [3.05, 3.63) is 29.8 Å². The molecule has 0 fully saturated rings. The Morgan fingerprint density at radius 3 is 2.53 bits per heavy atom. The van der Waals surface area contributed by atoms with Gasteiger partial charge in [0.15, 0.2) is 0 Å². The summed E-state index contributed by atoms with van der Waals surface area (Å²) in [5, 5.41) is 8.73. The number of carboxylic acid groups (broad SMARTS) is 1. The van der Waals surface area contributed by atoms with Crippen molar-refractivity contribution in [3.63, 3.8) is 0 Å². The first-order valence-corrected chi connectivity index (χ1v) is 5.55. The fourth-order valence-electron chi connectivity index (χ4n) is 0.860. The number of hydrogen-bond acceptors (Lipinski definition) is 4. The summed E-state index contributed by atoms with van der Waals surface area (Å²) >= 11 is 2.74. The van der Waals surface area contributed by atoms with E-state index in [9.17, 15) is 9.36 Å². The first-order chi connectivity index (χ1) is 6.96. The maximum absolute atomic E-state index is 11.0. The van der Waals surface area contributed by atoms with Crippen LogP contribution in [0, 0.1) is 0 Å². The van der Waals surface area contributed by atoms with Gasteiger partial charge in [-0.2, -0.15) is 0 Å². The van der Waals surface area contributed by atoms with E-state index in [1.165, 1.54) is 24.3 Å². The van der Waals surface area contributed by atoms with E-state index in [1.807, 2.05) is 0 Å². The molecule has 0 heterocycles. The van der Waals surface area contributed by atoms with Crippen molar-refractivity contribution in [2.75, 3.05) is 0 Å². The number of phosphoric acid groups is 1. The molecule has 1 rings (SSSR count). The van der Waals surface area contributed by atoms with Crippen molar-refractivity contribution in [1.29, 1.82) is 0 Å². The summed E-state index contributed by atoms with van der Waals surface area (Å²) in [5.41, 5.74) is -0.233. The van der Waals surface area contributed by atoms with Crippen LogP contribution in [0.4, 0.5) is 0 Å². The topological polar surface area (TPSA) is 93.1 Å². The van der Waals surface area contributed by atoms with Crippen molar-refractivity contribution in [1.82, 2.24) is 0 Å². The van der Waals surface area contributed by atoms with Gasteiger partial charge in [-0.05, 0) is 0 Å². The molecule has 1 aromatic carbocycles. The second kappa shape index (κ2) is 4.79. The Hall–Kier alpha value is -0.841. The third-order valence-corrected chi connectivity index (χ3v) is 2.77. The van der Waals surface area contributed by atoms with E-state index in [0.29, 0.717) is 0 Å². The SMILES string of the molecule is O=C(O)c1ccccc1OP(=O)(O)[O][Fe]. The molecule has 1 atom stereocenters. The Morgan fingerprint density at radius 1 is 1.40 bits per heavy atom. The van der Waals surface area contributed by atoms with Crippen LogP contribution in [0.5, 0.6) is 5.75 Å². The van der Waals surface area contributed by atoms with Gasteiger partial charge in [0.25, 0.3) is 0 Å². The number of rotatable bonds is 4. The van der Waals surface area contributed by atoms with Gasteiger partial charge >= 0.3 is 93.2 Å². The zero-order chi connectivity index (χ0) is 11.5. The van der Waals surface area contributed by atoms with Crippen LogP contribution >= 0.6 is 7.82 Å². The second-order valence-corrected chi connectivity index (χ2v) is 4.28. The number of aromatic carboxylic acids is 1. The molecule has 0 saturated carbocycles. The Labute approximate surface area is 93.6 Å². The zero-order valence-corrected chi connectivity index (χ0v) is 9.14. The molecule has 0 aliphatic rings. The summed E-state index contributed by atoms with van der Waals surface area (Å²) in [5.74, 6) is -1.52. The van der Waals surface area contributed by atoms with Crippen LogP contribution in [0.3, 0.4) is 0 Å². The zero-order valence-electron chi connectivity index (χ0n) is 7.14. The van der Waals surface area contributed by atoms with Gasteiger partial charge in [-0.15, -0.1) is 0 Å². The molecule has 15 heavy (non-hydrogen) atoms. The van der Waals surface area contributed by atoms with E-state index >= 15 is 0 Å². The third-order valence-electron chi connectivity index (χ3n) is 1.41. The molecule has 0 radical (unpaired) electrons. The van der Waals surface area contributed by atoms with Gasteiger partial charge in [-0.3, -0.25) is 0 Å². The first kappa shape index (κ1) is 12.2. The van der Waals surface area contributed by atoms with E-state index < -0.39 is 13.8 Å². The molecule has 0 aliphatic carbocycles. The maximum atomic E-state index is 11.0. The van der Waals surface area contributed by atoms with E-state index in [0.717, 1.165) is 0 Å². The number of benzene rings is 1. The monoisotopic (exact) mass is 273 g/mol. The van der Waals surface area contributed by atoms with Crippen molar-refractivity contribution in [2.24, 2.45) is 0 Å². The molecule has 6 nitrogen and oxygen atoms in total. The Bertz CT molecular complexity index is 420. The van der Waals surface area contributed by atoms with Crippen molar-refractivity contribution in [2.45, 2.75) is 0 Å². The predicted octanol–water partition coefficient (Wildman–Crippen LogP) is 1.34. The molecular formula is C7H6FeO6P. The molecule has 2 N–H and O–H groups in total. The summed E-state index contributed by atoms with van der Waals surface area (Å²) in [6.07, 6.45) is 0. The molecule has 0 aliphatic heterocycles. The molecule has 0 amide bonds. The van der Waals surface area contributed by atoms with Gasteiger partial charge < -0.3 is 0 Å². The molecule has 8 heteroatoms. The van der Waals surface area contributed by atoms with Gasteiger partial charge in [-0.25, -0.2) is 0 Å². The number of hydrogen-bond donors (Lipinski definition) is 2. The minimum atomic E-state index is -4.34. The predicted molar refractivity (Wildman–Crippen MR) is 44.9 cm³/mol. The fourth-order valence-corrected chi connectivity index (χ4v) is 1.42. The average molecular weight is 273 g/mol. The number of carbonyl (C=O) groups is 1. The van der Waals surface area contributed by atoms with Gasteiger partial charge in [0.1, 0.15) is 0 Å². The molecule has 0 bridgehead atoms. The first-order valence-electron chi connectivity index (χ1n) is 3.60. The molecule has 83 valence electrons. The normalized spacial score (nSPS) is 14.3. The number of carboxylic acids is 1. The van der Waals surface area contributed by atoms with Crippen LogP contribution in [0.25, 0.3) is 0 Å². The molecule has 0 spiro atoms. The van der Waals surface area contributed by atoms with Crippen molar-refractivity contribution in [3.8, 4) is 5.75 Å². The van der Waals surface area contributed by atoms with E-state index in [4.69, 9.17) is 10.00 Å². The molecule has 1 unspecified atom stereocenters. The standard InChI is InChI=1S/C7H7O6P.Fe/c8-7(9)5-3-1-2-4-6(5)13-14(10,11)12;/h1-4H,(H,8,9)(H2,10,11,12);/q;+1/p-1. The number of para-hydroxylation sites is 1. The van der Waals surface area contributed by atoms with Crippen molar-refractivity contribution >= 4 is 13.8 Å². The molecule has 0 saturated heterocycles. The van der Waals surface area contributed by atoms with Crippen LogP contribution in [0.15, 0.2) is 24.3 Å². The van der Waals surface area contributed by atoms with Crippen LogP contribution in [-0.4, -0.2) is 16.0 Å². The van der Waals surface area contributed by atoms with Gasteiger partial charge in [-0.1, -0.05) is 0 Å². The molecule has 1 aromatic rings. The Balaban J connectivity index is 3.05. The summed E-state index contributed by atoms with van der Waals surface area (Å²) in [7, 11) is -4.34. The quantitative estimate of drug-likeness (QED) is 0.635. The Morgan fingerprint density at radius 2 is 2.00 bits per heavy atom. The second-order valence-electron chi connectivity index (χ2n) is 2.43. The van der Waals surface area contributed by atoms with Crippen LogP contribution in [0.1, 0.15) is 10.4 Å². The van der Waals surface area contributed by atoms with E-state index in [-0.39, 0.29) is 11.3 Å². The van der Waals surface area contributed by atoms with Crippen LogP contribution < -0.4 is 4.52 Å². The average Bonchev–Trinajstić information content (AvgIpc) is 2.18. The van der Waals surface area contributed by atoms with Crippen molar-refractivity contribution < 1.29 is 43.8 Å². The van der Waals surface area contributed by atoms with Crippen LogP contribution in [-0.2, 0) is 24.5 Å². The molecule has 0 aromatic heterocycles. The minimum absolute atomic E-state index is 0.233. The Kier molecular flexibility index (Phi) is 3.90. The summed E-state index contributed by atoms with van der Waals surface area (Å²) in [6, 6.07) is 5.40. The number of phosphoric ester groups is 1. The van der Waals surface area contributed by atoms with Crippen LogP contribution in [0.2, 0.25) is 0 Å². The van der Waals surface area contributed by atoms with Gasteiger partial charge in [0.05, 0.1) is 0 Å². The fraction of sp³-hybridized carbons (Fsp3) is 0. The van der Waals surface area contributed by atoms with Gasteiger partial charge in [0.2, 0.25) is 0 Å². The summed E-state index contributed by atoms with van der Waals surface area (Å²) in [4.78, 5) is 19.6. The van der Waals surface area contributed by atoms with E-state index in [1.54, 1.807) is 0 Å².